The van der Waals surface area contributed by atoms with E-state index in [0.29, 0.717) is 0 Å². The zero-order valence-electron chi connectivity index (χ0n) is 17.8. The molecule has 0 amide bonds. The fourth-order valence-electron chi connectivity index (χ4n) is 3.61. The number of hydrogen-bond donors (Lipinski definition) is 0. The van der Waals surface area contributed by atoms with Crippen LogP contribution in [0.15, 0.2) is 61.2 Å². The van der Waals surface area contributed by atoms with Crippen LogP contribution >= 0.6 is 0 Å². The highest BCUT2D eigenvalue weighted by molar-refractivity contribution is 6.90. The molecule has 0 radical (unpaired) electrons. The first-order valence-corrected chi connectivity index (χ1v) is 13.8. The summed E-state index contributed by atoms with van der Waals surface area (Å²) in [5.41, 5.74) is 3.53. The second-order valence-electron chi connectivity index (χ2n) is 8.29. The molecule has 0 aliphatic rings. The maximum absolute atomic E-state index is 4.31. The average molecular weight is 380 g/mol. The molecule has 0 heterocycles. The van der Waals surface area contributed by atoms with Crippen molar-refractivity contribution in [3.63, 3.8) is 0 Å². The molecule has 0 fully saturated rings. The summed E-state index contributed by atoms with van der Waals surface area (Å²) in [7, 11) is -1.48. The van der Waals surface area contributed by atoms with Crippen LogP contribution in [0, 0.1) is 0 Å². The van der Waals surface area contributed by atoms with E-state index in [9.17, 15) is 0 Å². The van der Waals surface area contributed by atoms with Gasteiger partial charge in [-0.15, -0.1) is 0 Å². The maximum atomic E-state index is 4.31. The first kappa shape index (κ1) is 21.7. The third-order valence-corrected chi connectivity index (χ3v) is 8.55. The summed E-state index contributed by atoms with van der Waals surface area (Å²) in [6, 6.07) is 19.7. The number of nitrogens with zero attached hydrogens (tertiary/aromatic N) is 1. The molecule has 0 aliphatic carbocycles. The Morgan fingerprint density at radius 3 is 1.85 bits per heavy atom. The van der Waals surface area contributed by atoms with Gasteiger partial charge in [0.05, 0.1) is 8.07 Å². The van der Waals surface area contributed by atoms with Crippen molar-refractivity contribution in [3.8, 4) is 0 Å². The predicted molar refractivity (Wildman–Crippen MR) is 124 cm³/mol. The summed E-state index contributed by atoms with van der Waals surface area (Å²) in [4.78, 5) is 2.72. The third-order valence-electron chi connectivity index (χ3n) is 5.41. The van der Waals surface area contributed by atoms with Crippen LogP contribution in [0.5, 0.6) is 0 Å². The Bertz CT molecular complexity index is 680. The summed E-state index contributed by atoms with van der Waals surface area (Å²) in [5, 5.41) is 1.55. The first-order valence-electron chi connectivity index (χ1n) is 10.6. The van der Waals surface area contributed by atoms with Gasteiger partial charge in [0.15, 0.2) is 0 Å². The normalized spacial score (nSPS) is 11.7. The molecule has 0 atom stereocenters. The lowest BCUT2D eigenvalue weighted by Crippen LogP contribution is -2.52. The Morgan fingerprint density at radius 1 is 0.815 bits per heavy atom. The summed E-state index contributed by atoms with van der Waals surface area (Å²) >= 11 is 0. The molecule has 0 unspecified atom stereocenters. The summed E-state index contributed by atoms with van der Waals surface area (Å²) in [6.07, 6.45) is 6.43. The Kier molecular flexibility index (Phi) is 8.52. The number of rotatable bonds is 11. The molecule has 0 saturated carbocycles. The predicted octanol–water partition coefficient (Wildman–Crippen LogP) is 6.10. The second-order valence-corrected chi connectivity index (χ2v) is 13.0. The molecular weight excluding hydrogens is 342 g/mol. The number of hydrogen-bond acceptors (Lipinski definition) is 1. The highest BCUT2D eigenvalue weighted by Crippen LogP contribution is 2.21. The van der Waals surface area contributed by atoms with Gasteiger partial charge in [-0.1, -0.05) is 106 Å². The molecule has 0 aromatic heterocycles. The molecule has 0 saturated heterocycles. The lowest BCUT2D eigenvalue weighted by molar-refractivity contribution is 0.302. The van der Waals surface area contributed by atoms with Crippen molar-refractivity contribution in [2.24, 2.45) is 0 Å². The van der Waals surface area contributed by atoms with E-state index in [1.165, 1.54) is 56.1 Å². The van der Waals surface area contributed by atoms with Crippen molar-refractivity contribution in [2.45, 2.75) is 52.6 Å². The fourth-order valence-corrected chi connectivity index (χ4v) is 6.30. The Balaban J connectivity index is 2.09. The van der Waals surface area contributed by atoms with Gasteiger partial charge in [0.2, 0.25) is 0 Å². The summed E-state index contributed by atoms with van der Waals surface area (Å²) < 4.78 is 0. The van der Waals surface area contributed by atoms with Gasteiger partial charge in [-0.3, -0.25) is 0 Å². The van der Waals surface area contributed by atoms with Crippen molar-refractivity contribution < 1.29 is 0 Å². The van der Waals surface area contributed by atoms with Crippen LogP contribution in [-0.4, -0.2) is 32.2 Å². The van der Waals surface area contributed by atoms with Crippen molar-refractivity contribution in [1.82, 2.24) is 4.90 Å². The van der Waals surface area contributed by atoms with Gasteiger partial charge in [0.1, 0.15) is 0 Å². The minimum atomic E-state index is -1.48. The highest BCUT2D eigenvalue weighted by atomic mass is 28.3. The quantitative estimate of drug-likeness (QED) is 0.426. The largest absolute Gasteiger partial charge is 0.306 e. The fraction of sp³-hybridized carbons (Fsp3) is 0.440. The average Bonchev–Trinajstić information content (AvgIpc) is 2.70. The van der Waals surface area contributed by atoms with E-state index in [1.54, 1.807) is 5.19 Å². The van der Waals surface area contributed by atoms with Gasteiger partial charge in [-0.2, -0.15) is 0 Å². The molecule has 2 rings (SSSR count). The number of benzene rings is 2. The van der Waals surface area contributed by atoms with Crippen LogP contribution in [0.25, 0.3) is 5.57 Å². The first-order chi connectivity index (χ1) is 13.0. The molecule has 0 aliphatic heterocycles. The lowest BCUT2D eigenvalue weighted by Gasteiger charge is -2.32. The zero-order valence-corrected chi connectivity index (χ0v) is 18.8. The smallest absolute Gasteiger partial charge is 0.0948 e. The number of unbranched alkanes of at least 4 members (excludes halogenated alkanes) is 2. The van der Waals surface area contributed by atoms with Crippen molar-refractivity contribution in [2.75, 3.05) is 19.3 Å². The standard InChI is InChI=1S/C25H37NSi/c1-6-8-19-26(20-9-7-2)21-27(4,5)25-17-15-24(16-18-25)22(3)23-13-11-10-12-14-23/h10-18H,3,6-9,19-21H2,1-2,4-5H3. The molecule has 146 valence electrons. The van der Waals surface area contributed by atoms with Gasteiger partial charge < -0.3 is 4.90 Å². The van der Waals surface area contributed by atoms with Gasteiger partial charge in [0.25, 0.3) is 0 Å². The van der Waals surface area contributed by atoms with E-state index in [-0.39, 0.29) is 0 Å². The van der Waals surface area contributed by atoms with Gasteiger partial charge >= 0.3 is 0 Å². The Labute approximate surface area is 168 Å². The summed E-state index contributed by atoms with van der Waals surface area (Å²) in [5.74, 6) is 0. The van der Waals surface area contributed by atoms with Crippen molar-refractivity contribution >= 4 is 18.8 Å². The van der Waals surface area contributed by atoms with E-state index in [4.69, 9.17) is 0 Å². The Morgan fingerprint density at radius 2 is 1.33 bits per heavy atom. The molecular formula is C25H37NSi. The van der Waals surface area contributed by atoms with Crippen LogP contribution in [0.3, 0.4) is 0 Å². The van der Waals surface area contributed by atoms with E-state index >= 15 is 0 Å². The minimum Gasteiger partial charge on any atom is -0.306 e. The SMILES string of the molecule is C=C(c1ccccc1)c1ccc([Si](C)(C)CN(CCCC)CCCC)cc1. The monoisotopic (exact) mass is 379 g/mol. The Hall–Kier alpha value is -1.64. The second kappa shape index (κ2) is 10.6. The highest BCUT2D eigenvalue weighted by Gasteiger charge is 2.26. The molecule has 0 N–H and O–H groups in total. The molecule has 2 aromatic carbocycles. The third kappa shape index (κ3) is 6.48. The van der Waals surface area contributed by atoms with Crippen LogP contribution in [-0.2, 0) is 0 Å². The zero-order chi connectivity index (χ0) is 19.7. The van der Waals surface area contributed by atoms with Crippen LogP contribution in [0.2, 0.25) is 13.1 Å². The minimum absolute atomic E-state index is 1.11. The van der Waals surface area contributed by atoms with Crippen LogP contribution in [0.1, 0.15) is 50.7 Å². The van der Waals surface area contributed by atoms with E-state index in [2.05, 4.69) is 93.0 Å². The molecule has 0 bridgehead atoms. The van der Waals surface area contributed by atoms with E-state index in [0.717, 1.165) is 5.57 Å². The summed E-state index contributed by atoms with van der Waals surface area (Å²) in [6.45, 7) is 16.4. The van der Waals surface area contributed by atoms with Crippen LogP contribution < -0.4 is 5.19 Å². The molecule has 0 spiro atoms. The van der Waals surface area contributed by atoms with Gasteiger partial charge in [0, 0.05) is 0 Å². The van der Waals surface area contributed by atoms with Gasteiger partial charge in [-0.25, -0.2) is 0 Å². The topological polar surface area (TPSA) is 3.24 Å². The molecule has 1 nitrogen and oxygen atoms in total. The van der Waals surface area contributed by atoms with E-state index in [1.807, 2.05) is 0 Å². The molecule has 2 heteroatoms. The maximum Gasteiger partial charge on any atom is 0.0948 e. The molecule has 2 aromatic rings. The van der Waals surface area contributed by atoms with Crippen LogP contribution in [0.4, 0.5) is 0 Å². The van der Waals surface area contributed by atoms with Crippen molar-refractivity contribution in [3.05, 3.63) is 72.3 Å². The van der Waals surface area contributed by atoms with Gasteiger partial charge in [-0.05, 0) is 48.8 Å². The molecule has 27 heavy (non-hydrogen) atoms. The van der Waals surface area contributed by atoms with E-state index < -0.39 is 8.07 Å². The van der Waals surface area contributed by atoms with Crippen molar-refractivity contribution in [1.29, 1.82) is 0 Å². The lowest BCUT2D eigenvalue weighted by atomic mass is 10.00.